The van der Waals surface area contributed by atoms with Crippen LogP contribution in [0.25, 0.3) is 11.1 Å². The summed E-state index contributed by atoms with van der Waals surface area (Å²) in [6.45, 7) is 1.92. The smallest absolute Gasteiger partial charge is 0.0576 e. The molecule has 1 unspecified atom stereocenters. The van der Waals surface area contributed by atoms with Gasteiger partial charge < -0.3 is 4.74 Å². The Morgan fingerprint density at radius 3 is 3.10 bits per heavy atom. The second kappa shape index (κ2) is 6.72. The molecule has 20 heavy (non-hydrogen) atoms. The molecule has 2 aromatic rings. The molecule has 106 valence electrons. The Morgan fingerprint density at radius 1 is 1.35 bits per heavy atom. The maximum absolute atomic E-state index is 5.65. The summed E-state index contributed by atoms with van der Waals surface area (Å²) >= 11 is 2.34. The number of hydrogen-bond acceptors (Lipinski definition) is 2. The molecule has 1 fully saturated rings. The van der Waals surface area contributed by atoms with Gasteiger partial charge in [-0.2, -0.15) is 5.10 Å². The number of aromatic nitrogens is 2. The topological polar surface area (TPSA) is 27.1 Å². The highest BCUT2D eigenvalue weighted by Gasteiger charge is 2.14. The van der Waals surface area contributed by atoms with E-state index in [1.807, 2.05) is 10.9 Å². The monoisotopic (exact) mass is 382 g/mol. The Bertz CT molecular complexity index is 561. The molecule has 0 aliphatic carbocycles. The minimum Gasteiger partial charge on any atom is -0.378 e. The van der Waals surface area contributed by atoms with Gasteiger partial charge in [0.05, 0.1) is 12.3 Å². The van der Waals surface area contributed by atoms with Crippen molar-refractivity contribution >= 4 is 22.6 Å². The average molecular weight is 382 g/mol. The van der Waals surface area contributed by atoms with Crippen LogP contribution in [-0.4, -0.2) is 22.5 Å². The molecular weight excluding hydrogens is 363 g/mol. The maximum atomic E-state index is 5.65. The van der Waals surface area contributed by atoms with Crippen LogP contribution in [0, 0.1) is 3.57 Å². The molecule has 1 aliphatic rings. The van der Waals surface area contributed by atoms with Crippen LogP contribution >= 0.6 is 22.6 Å². The third kappa shape index (κ3) is 3.61. The highest BCUT2D eigenvalue weighted by atomic mass is 127. The molecule has 0 spiro atoms. The van der Waals surface area contributed by atoms with Gasteiger partial charge in [0.25, 0.3) is 0 Å². The van der Waals surface area contributed by atoms with Crippen LogP contribution in [0.1, 0.15) is 25.7 Å². The van der Waals surface area contributed by atoms with E-state index in [9.17, 15) is 0 Å². The molecule has 1 aliphatic heterocycles. The van der Waals surface area contributed by atoms with Crippen LogP contribution in [0.2, 0.25) is 0 Å². The number of rotatable bonds is 5. The quantitative estimate of drug-likeness (QED) is 0.728. The maximum Gasteiger partial charge on any atom is 0.0576 e. The van der Waals surface area contributed by atoms with Crippen molar-refractivity contribution in [2.24, 2.45) is 0 Å². The molecule has 1 saturated heterocycles. The van der Waals surface area contributed by atoms with Gasteiger partial charge in [0.1, 0.15) is 0 Å². The van der Waals surface area contributed by atoms with Crippen LogP contribution in [0.15, 0.2) is 36.7 Å². The molecule has 1 aromatic carbocycles. The van der Waals surface area contributed by atoms with Gasteiger partial charge in [-0.1, -0.05) is 12.1 Å². The average Bonchev–Trinajstić information content (AvgIpc) is 3.10. The number of ether oxygens (including phenoxy) is 1. The fraction of sp³-hybridized carbons (Fsp3) is 0.438. The van der Waals surface area contributed by atoms with E-state index in [1.54, 1.807) is 0 Å². The highest BCUT2D eigenvalue weighted by Crippen LogP contribution is 2.21. The Labute approximate surface area is 133 Å². The largest absolute Gasteiger partial charge is 0.378 e. The van der Waals surface area contributed by atoms with Gasteiger partial charge in [0, 0.05) is 28.5 Å². The van der Waals surface area contributed by atoms with E-state index in [1.165, 1.54) is 27.5 Å². The Hall–Kier alpha value is -0.880. The fourth-order valence-electron chi connectivity index (χ4n) is 2.66. The predicted molar refractivity (Wildman–Crippen MR) is 88.6 cm³/mol. The first-order chi connectivity index (χ1) is 9.81. The summed E-state index contributed by atoms with van der Waals surface area (Å²) < 4.78 is 8.95. The van der Waals surface area contributed by atoms with Crippen LogP contribution in [0.3, 0.4) is 0 Å². The van der Waals surface area contributed by atoms with Crippen molar-refractivity contribution in [2.75, 3.05) is 6.61 Å². The zero-order valence-electron chi connectivity index (χ0n) is 11.5. The zero-order valence-corrected chi connectivity index (χ0v) is 13.6. The number of nitrogens with zero attached hydrogens (tertiary/aromatic N) is 2. The molecule has 3 nitrogen and oxygen atoms in total. The number of aryl methyl sites for hydroxylation is 1. The first-order valence-corrected chi connectivity index (χ1v) is 8.29. The molecule has 1 aromatic heterocycles. The molecule has 1 atom stereocenters. The lowest BCUT2D eigenvalue weighted by atomic mass is 10.1. The third-order valence-electron chi connectivity index (χ3n) is 3.73. The number of halogens is 1. The molecule has 2 heterocycles. The first kappa shape index (κ1) is 14.1. The highest BCUT2D eigenvalue weighted by molar-refractivity contribution is 14.1. The van der Waals surface area contributed by atoms with Crippen molar-refractivity contribution in [3.05, 3.63) is 40.2 Å². The van der Waals surface area contributed by atoms with E-state index in [4.69, 9.17) is 4.74 Å². The molecule has 4 heteroatoms. The van der Waals surface area contributed by atoms with Crippen LogP contribution in [0.5, 0.6) is 0 Å². The van der Waals surface area contributed by atoms with Crippen LogP contribution in [-0.2, 0) is 11.3 Å². The van der Waals surface area contributed by atoms with Crippen molar-refractivity contribution in [3.63, 3.8) is 0 Å². The summed E-state index contributed by atoms with van der Waals surface area (Å²) in [6.07, 6.45) is 9.33. The van der Waals surface area contributed by atoms with Gasteiger partial charge in [-0.3, -0.25) is 4.68 Å². The zero-order chi connectivity index (χ0) is 13.8. The van der Waals surface area contributed by atoms with Crippen molar-refractivity contribution in [3.8, 4) is 11.1 Å². The van der Waals surface area contributed by atoms with E-state index in [0.717, 1.165) is 26.0 Å². The van der Waals surface area contributed by atoms with E-state index in [-0.39, 0.29) is 0 Å². The molecule has 0 saturated carbocycles. The lowest BCUT2D eigenvalue weighted by Crippen LogP contribution is -2.07. The molecule has 0 N–H and O–H groups in total. The fourth-order valence-corrected chi connectivity index (χ4v) is 3.20. The Kier molecular flexibility index (Phi) is 4.73. The standard InChI is InChI=1S/C16H19IN2O/c17-15-5-1-4-13(10-15)14-11-18-19(12-14)8-2-6-16-7-3-9-20-16/h1,4-5,10-12,16H,2-3,6-9H2. The van der Waals surface area contributed by atoms with Gasteiger partial charge in [0.2, 0.25) is 0 Å². The van der Waals surface area contributed by atoms with Gasteiger partial charge in [0.15, 0.2) is 0 Å². The van der Waals surface area contributed by atoms with E-state index >= 15 is 0 Å². The van der Waals surface area contributed by atoms with Crippen molar-refractivity contribution < 1.29 is 4.74 Å². The van der Waals surface area contributed by atoms with Crippen molar-refractivity contribution in [2.45, 2.75) is 38.3 Å². The van der Waals surface area contributed by atoms with Crippen molar-refractivity contribution in [1.29, 1.82) is 0 Å². The van der Waals surface area contributed by atoms with Gasteiger partial charge in [-0.25, -0.2) is 0 Å². The summed E-state index contributed by atoms with van der Waals surface area (Å²) in [5, 5.41) is 4.46. The van der Waals surface area contributed by atoms with E-state index in [0.29, 0.717) is 6.10 Å². The van der Waals surface area contributed by atoms with E-state index in [2.05, 4.69) is 58.2 Å². The summed E-state index contributed by atoms with van der Waals surface area (Å²) in [5.41, 5.74) is 2.43. The minimum atomic E-state index is 0.487. The molecule has 0 bridgehead atoms. The summed E-state index contributed by atoms with van der Waals surface area (Å²) in [5.74, 6) is 0. The third-order valence-corrected chi connectivity index (χ3v) is 4.40. The lowest BCUT2D eigenvalue weighted by molar-refractivity contribution is 0.101. The van der Waals surface area contributed by atoms with Gasteiger partial charge >= 0.3 is 0 Å². The second-order valence-electron chi connectivity index (χ2n) is 5.28. The second-order valence-corrected chi connectivity index (χ2v) is 6.53. The Balaban J connectivity index is 1.56. The summed E-state index contributed by atoms with van der Waals surface area (Å²) in [6, 6.07) is 8.52. The predicted octanol–water partition coefficient (Wildman–Crippen LogP) is 4.11. The molecular formula is C16H19IN2O. The van der Waals surface area contributed by atoms with Gasteiger partial charge in [-0.15, -0.1) is 0 Å². The number of hydrogen-bond donors (Lipinski definition) is 0. The molecule has 0 amide bonds. The first-order valence-electron chi connectivity index (χ1n) is 7.21. The lowest BCUT2D eigenvalue weighted by Gasteiger charge is -2.08. The normalized spacial score (nSPS) is 18.6. The minimum absolute atomic E-state index is 0.487. The summed E-state index contributed by atoms with van der Waals surface area (Å²) in [4.78, 5) is 0. The van der Waals surface area contributed by atoms with Crippen LogP contribution < -0.4 is 0 Å². The SMILES string of the molecule is Ic1cccc(-c2cnn(CCCC3CCCO3)c2)c1. The van der Waals surface area contributed by atoms with Crippen molar-refractivity contribution in [1.82, 2.24) is 9.78 Å². The van der Waals surface area contributed by atoms with Crippen LogP contribution in [0.4, 0.5) is 0 Å². The van der Waals surface area contributed by atoms with Gasteiger partial charge in [-0.05, 0) is 66.0 Å². The van der Waals surface area contributed by atoms with E-state index < -0.39 is 0 Å². The molecule has 0 radical (unpaired) electrons. The molecule has 3 rings (SSSR count). The summed E-state index contributed by atoms with van der Waals surface area (Å²) in [7, 11) is 0. The number of benzene rings is 1. The Morgan fingerprint density at radius 2 is 2.30 bits per heavy atom.